The lowest BCUT2D eigenvalue weighted by molar-refractivity contribution is 0.174. The second-order valence-electron chi connectivity index (χ2n) is 4.42. The number of nitrogens with zero attached hydrogens (tertiary/aromatic N) is 4. The third-order valence-corrected chi connectivity index (χ3v) is 3.02. The molecule has 0 unspecified atom stereocenters. The Morgan fingerprint density at radius 2 is 2.10 bits per heavy atom. The molecule has 0 bridgehead atoms. The van der Waals surface area contributed by atoms with E-state index in [0.29, 0.717) is 18.1 Å². The zero-order valence-electron chi connectivity index (χ0n) is 10.9. The molecule has 0 aliphatic carbocycles. The summed E-state index contributed by atoms with van der Waals surface area (Å²) in [6.45, 7) is 0.921. The first kappa shape index (κ1) is 12.2. The maximum Gasteiger partial charge on any atom is 0.231 e. The van der Waals surface area contributed by atoms with Gasteiger partial charge in [0.25, 0.3) is 0 Å². The fourth-order valence-corrected chi connectivity index (χ4v) is 2.01. The van der Waals surface area contributed by atoms with E-state index in [1.165, 1.54) is 6.33 Å². The molecule has 0 radical (unpaired) electrons. The SMILES string of the molecule is CN(Cc1ccc2c(c1)OCO2)c1cc(C#N)ncn1. The lowest BCUT2D eigenvalue weighted by atomic mass is 10.2. The monoisotopic (exact) mass is 268 g/mol. The Morgan fingerprint density at radius 1 is 1.25 bits per heavy atom. The second kappa shape index (κ2) is 5.05. The molecule has 0 fully saturated rings. The van der Waals surface area contributed by atoms with Gasteiger partial charge in [-0.3, -0.25) is 0 Å². The first-order valence-corrected chi connectivity index (χ1v) is 6.08. The Hall–Kier alpha value is -2.81. The molecule has 0 amide bonds. The maximum atomic E-state index is 8.85. The third kappa shape index (κ3) is 2.34. The number of ether oxygens (including phenoxy) is 2. The minimum absolute atomic E-state index is 0.270. The fourth-order valence-electron chi connectivity index (χ4n) is 2.01. The topological polar surface area (TPSA) is 71.3 Å². The van der Waals surface area contributed by atoms with E-state index < -0.39 is 0 Å². The van der Waals surface area contributed by atoms with Crippen molar-refractivity contribution in [3.05, 3.63) is 41.9 Å². The number of nitriles is 1. The minimum Gasteiger partial charge on any atom is -0.454 e. The standard InChI is InChI=1S/C14H12N4O2/c1-18(14-5-11(6-15)16-8-17-14)7-10-2-3-12-13(4-10)20-9-19-12/h2-5,8H,7,9H2,1H3. The quantitative estimate of drug-likeness (QED) is 0.844. The molecule has 0 saturated carbocycles. The molecule has 3 rings (SSSR count). The summed E-state index contributed by atoms with van der Waals surface area (Å²) in [7, 11) is 1.91. The van der Waals surface area contributed by atoms with Gasteiger partial charge in [0.1, 0.15) is 23.9 Å². The molecule has 0 N–H and O–H groups in total. The molecule has 2 heterocycles. The molecule has 6 heteroatoms. The van der Waals surface area contributed by atoms with Crippen LogP contribution in [0.25, 0.3) is 0 Å². The van der Waals surface area contributed by atoms with Gasteiger partial charge in [-0.2, -0.15) is 5.26 Å². The van der Waals surface area contributed by atoms with Crippen LogP contribution in [0, 0.1) is 11.3 Å². The van der Waals surface area contributed by atoms with Crippen molar-refractivity contribution in [3.63, 3.8) is 0 Å². The highest BCUT2D eigenvalue weighted by Gasteiger charge is 2.14. The highest BCUT2D eigenvalue weighted by molar-refractivity contribution is 5.47. The summed E-state index contributed by atoms with van der Waals surface area (Å²) in [5.41, 5.74) is 1.43. The van der Waals surface area contributed by atoms with Gasteiger partial charge >= 0.3 is 0 Å². The van der Waals surface area contributed by atoms with Crippen molar-refractivity contribution in [2.75, 3.05) is 18.7 Å². The van der Waals surface area contributed by atoms with Gasteiger partial charge in [-0.1, -0.05) is 6.07 Å². The van der Waals surface area contributed by atoms with E-state index in [4.69, 9.17) is 14.7 Å². The number of hydrogen-bond donors (Lipinski definition) is 0. The van der Waals surface area contributed by atoms with Crippen molar-refractivity contribution in [1.82, 2.24) is 9.97 Å². The van der Waals surface area contributed by atoms with Gasteiger partial charge in [0.2, 0.25) is 6.79 Å². The molecule has 0 spiro atoms. The van der Waals surface area contributed by atoms with Crippen molar-refractivity contribution in [2.24, 2.45) is 0 Å². The average molecular weight is 268 g/mol. The molecule has 0 atom stereocenters. The van der Waals surface area contributed by atoms with Crippen LogP contribution >= 0.6 is 0 Å². The van der Waals surface area contributed by atoms with Crippen LogP contribution in [0.2, 0.25) is 0 Å². The van der Waals surface area contributed by atoms with Crippen LogP contribution in [0.4, 0.5) is 5.82 Å². The first-order valence-electron chi connectivity index (χ1n) is 6.08. The molecular formula is C14H12N4O2. The third-order valence-electron chi connectivity index (χ3n) is 3.02. The number of rotatable bonds is 3. The molecule has 0 saturated heterocycles. The minimum atomic E-state index is 0.270. The zero-order valence-corrected chi connectivity index (χ0v) is 10.9. The number of anilines is 1. The molecule has 1 aliphatic rings. The summed E-state index contributed by atoms with van der Waals surface area (Å²) in [5, 5.41) is 8.85. The van der Waals surface area contributed by atoms with Gasteiger partial charge in [0.05, 0.1) is 0 Å². The van der Waals surface area contributed by atoms with Gasteiger partial charge in [-0.15, -0.1) is 0 Å². The summed E-state index contributed by atoms with van der Waals surface area (Å²) in [6.07, 6.45) is 1.39. The van der Waals surface area contributed by atoms with Crippen LogP contribution in [0.3, 0.4) is 0 Å². The predicted molar refractivity (Wildman–Crippen MR) is 71.4 cm³/mol. The number of fused-ring (bicyclic) bond motifs is 1. The van der Waals surface area contributed by atoms with Crippen molar-refractivity contribution < 1.29 is 9.47 Å². The fraction of sp³-hybridized carbons (Fsp3) is 0.214. The van der Waals surface area contributed by atoms with Crippen LogP contribution in [0.1, 0.15) is 11.3 Å². The van der Waals surface area contributed by atoms with Crippen LogP contribution in [-0.4, -0.2) is 23.8 Å². The van der Waals surface area contributed by atoms with E-state index in [0.717, 1.165) is 17.1 Å². The highest BCUT2D eigenvalue weighted by Crippen LogP contribution is 2.32. The van der Waals surface area contributed by atoms with E-state index in [2.05, 4.69) is 9.97 Å². The second-order valence-corrected chi connectivity index (χ2v) is 4.42. The Kier molecular flexibility index (Phi) is 3.09. The summed E-state index contributed by atoms with van der Waals surface area (Å²) in [4.78, 5) is 9.97. The largest absolute Gasteiger partial charge is 0.454 e. The van der Waals surface area contributed by atoms with Gasteiger partial charge < -0.3 is 14.4 Å². The lowest BCUT2D eigenvalue weighted by Gasteiger charge is -2.18. The van der Waals surface area contributed by atoms with Crippen molar-refractivity contribution >= 4 is 5.82 Å². The maximum absolute atomic E-state index is 8.85. The summed E-state index contributed by atoms with van der Waals surface area (Å²) < 4.78 is 10.6. The van der Waals surface area contributed by atoms with Gasteiger partial charge in [-0.05, 0) is 17.7 Å². The van der Waals surface area contributed by atoms with Crippen LogP contribution in [-0.2, 0) is 6.54 Å². The smallest absolute Gasteiger partial charge is 0.231 e. The Labute approximate surface area is 116 Å². The van der Waals surface area contributed by atoms with Gasteiger partial charge in [0.15, 0.2) is 11.5 Å². The van der Waals surface area contributed by atoms with Crippen LogP contribution in [0.5, 0.6) is 11.5 Å². The Balaban J connectivity index is 1.78. The van der Waals surface area contributed by atoms with E-state index >= 15 is 0 Å². The molecule has 1 aliphatic heterocycles. The normalized spacial score (nSPS) is 12.0. The number of aromatic nitrogens is 2. The van der Waals surface area contributed by atoms with Crippen LogP contribution in [0.15, 0.2) is 30.6 Å². The molecule has 20 heavy (non-hydrogen) atoms. The van der Waals surface area contributed by atoms with Crippen molar-refractivity contribution in [2.45, 2.75) is 6.54 Å². The van der Waals surface area contributed by atoms with E-state index in [-0.39, 0.29) is 6.79 Å². The molecule has 1 aromatic carbocycles. The van der Waals surface area contributed by atoms with Gasteiger partial charge in [0, 0.05) is 19.7 Å². The summed E-state index contributed by atoms with van der Waals surface area (Å²) in [6, 6.07) is 9.49. The summed E-state index contributed by atoms with van der Waals surface area (Å²) >= 11 is 0. The molecule has 100 valence electrons. The van der Waals surface area contributed by atoms with Crippen molar-refractivity contribution in [1.29, 1.82) is 5.26 Å². The first-order chi connectivity index (χ1) is 9.76. The molecular weight excluding hydrogens is 256 g/mol. The average Bonchev–Trinajstić information content (AvgIpc) is 2.95. The molecule has 6 nitrogen and oxygen atoms in total. The summed E-state index contributed by atoms with van der Waals surface area (Å²) in [5.74, 6) is 2.23. The van der Waals surface area contributed by atoms with Crippen molar-refractivity contribution in [3.8, 4) is 17.6 Å². The van der Waals surface area contributed by atoms with E-state index in [9.17, 15) is 0 Å². The Bertz CT molecular complexity index is 681. The van der Waals surface area contributed by atoms with E-state index in [1.807, 2.05) is 36.2 Å². The highest BCUT2D eigenvalue weighted by atomic mass is 16.7. The number of benzene rings is 1. The zero-order chi connectivity index (χ0) is 13.9. The predicted octanol–water partition coefficient (Wildman–Crippen LogP) is 1.71. The number of hydrogen-bond acceptors (Lipinski definition) is 6. The van der Waals surface area contributed by atoms with E-state index in [1.54, 1.807) is 6.07 Å². The molecule has 2 aromatic rings. The van der Waals surface area contributed by atoms with Crippen LogP contribution < -0.4 is 14.4 Å². The Morgan fingerprint density at radius 3 is 2.95 bits per heavy atom. The lowest BCUT2D eigenvalue weighted by Crippen LogP contribution is -2.17. The van der Waals surface area contributed by atoms with Gasteiger partial charge in [-0.25, -0.2) is 9.97 Å². The molecule has 1 aromatic heterocycles.